The van der Waals surface area contributed by atoms with E-state index >= 15 is 0 Å². The minimum absolute atomic E-state index is 0.601. The van der Waals surface area contributed by atoms with Gasteiger partial charge in [0.2, 0.25) is 5.95 Å². The van der Waals surface area contributed by atoms with Crippen molar-refractivity contribution < 1.29 is 0 Å². The lowest BCUT2D eigenvalue weighted by atomic mass is 10.1. The molecule has 0 fully saturated rings. The Morgan fingerprint density at radius 1 is 0.958 bits per heavy atom. The average Bonchev–Trinajstić information content (AvgIpc) is 2.57. The molecule has 2 aromatic carbocycles. The van der Waals surface area contributed by atoms with Crippen molar-refractivity contribution >= 4 is 33.4 Å². The molecular weight excluding hydrogens is 364 g/mol. The topological polar surface area (TPSA) is 49.8 Å². The fourth-order valence-electron chi connectivity index (χ4n) is 2.26. The predicted molar refractivity (Wildman–Crippen MR) is 103 cm³/mol. The first kappa shape index (κ1) is 16.5. The highest BCUT2D eigenvalue weighted by Gasteiger charge is 2.03. The lowest BCUT2D eigenvalue weighted by molar-refractivity contribution is 1.05. The van der Waals surface area contributed by atoms with E-state index in [0.29, 0.717) is 12.5 Å². The van der Waals surface area contributed by atoms with E-state index in [-0.39, 0.29) is 0 Å². The summed E-state index contributed by atoms with van der Waals surface area (Å²) in [5, 5.41) is 6.56. The molecule has 0 aliphatic heterocycles. The Balaban J connectivity index is 1.68. The van der Waals surface area contributed by atoms with Crippen molar-refractivity contribution in [3.63, 3.8) is 0 Å². The maximum absolute atomic E-state index is 4.51. The molecule has 3 rings (SSSR count). The van der Waals surface area contributed by atoms with Crippen LogP contribution in [0.25, 0.3) is 0 Å². The van der Waals surface area contributed by atoms with Gasteiger partial charge in [0.05, 0.1) is 5.69 Å². The Labute approximate surface area is 150 Å². The third-order valence-corrected chi connectivity index (χ3v) is 4.27. The van der Waals surface area contributed by atoms with E-state index in [4.69, 9.17) is 0 Å². The minimum atomic E-state index is 0.601. The van der Waals surface area contributed by atoms with Crippen molar-refractivity contribution in [2.45, 2.75) is 20.4 Å². The number of rotatable bonds is 5. The molecular formula is C19H19BrN4. The summed E-state index contributed by atoms with van der Waals surface area (Å²) >= 11 is 3.57. The number of hydrogen-bond donors (Lipinski definition) is 2. The van der Waals surface area contributed by atoms with Gasteiger partial charge in [0.25, 0.3) is 0 Å². The number of aromatic nitrogens is 2. The molecule has 5 heteroatoms. The van der Waals surface area contributed by atoms with Gasteiger partial charge in [0.15, 0.2) is 0 Å². The van der Waals surface area contributed by atoms with E-state index in [1.807, 2.05) is 12.1 Å². The normalized spacial score (nSPS) is 10.5. The van der Waals surface area contributed by atoms with Crippen molar-refractivity contribution in [2.24, 2.45) is 0 Å². The largest absolute Gasteiger partial charge is 0.350 e. The van der Waals surface area contributed by atoms with Crippen molar-refractivity contribution in [1.82, 2.24) is 9.97 Å². The van der Waals surface area contributed by atoms with Crippen LogP contribution in [0.15, 0.2) is 59.2 Å². The summed E-state index contributed by atoms with van der Waals surface area (Å²) in [6.07, 6.45) is 1.74. The van der Waals surface area contributed by atoms with Gasteiger partial charge in [-0.3, -0.25) is 0 Å². The average molecular weight is 383 g/mol. The van der Waals surface area contributed by atoms with Crippen LogP contribution in [0.3, 0.4) is 0 Å². The molecule has 0 bridgehead atoms. The molecule has 0 saturated heterocycles. The molecule has 122 valence electrons. The maximum atomic E-state index is 4.51. The molecule has 0 atom stereocenters. The summed E-state index contributed by atoms with van der Waals surface area (Å²) in [7, 11) is 0. The molecule has 3 aromatic rings. The number of nitrogens with zero attached hydrogens (tertiary/aromatic N) is 2. The Hall–Kier alpha value is -2.40. The van der Waals surface area contributed by atoms with Gasteiger partial charge in [-0.1, -0.05) is 35.9 Å². The van der Waals surface area contributed by atoms with Crippen LogP contribution in [0, 0.1) is 13.8 Å². The van der Waals surface area contributed by atoms with Crippen LogP contribution in [-0.4, -0.2) is 9.97 Å². The Morgan fingerprint density at radius 3 is 2.46 bits per heavy atom. The highest BCUT2D eigenvalue weighted by molar-refractivity contribution is 9.10. The van der Waals surface area contributed by atoms with Gasteiger partial charge in [-0.05, 0) is 59.1 Å². The summed E-state index contributed by atoms with van der Waals surface area (Å²) in [4.78, 5) is 8.79. The highest BCUT2D eigenvalue weighted by Crippen LogP contribution is 2.26. The molecule has 0 unspecified atom stereocenters. The Morgan fingerprint density at radius 2 is 1.71 bits per heavy atom. The van der Waals surface area contributed by atoms with Crippen molar-refractivity contribution in [3.05, 3.63) is 75.9 Å². The highest BCUT2D eigenvalue weighted by atomic mass is 79.9. The SMILES string of the molecule is Cc1ccc(CNc2nccc(Nc3ccc(C)cc3Br)n2)cc1. The fourth-order valence-corrected chi connectivity index (χ4v) is 2.85. The van der Waals surface area contributed by atoms with Crippen LogP contribution in [-0.2, 0) is 6.54 Å². The van der Waals surface area contributed by atoms with E-state index in [2.05, 4.69) is 86.8 Å². The van der Waals surface area contributed by atoms with Gasteiger partial charge in [0.1, 0.15) is 5.82 Å². The van der Waals surface area contributed by atoms with Crippen molar-refractivity contribution in [1.29, 1.82) is 0 Å². The second-order valence-electron chi connectivity index (χ2n) is 5.71. The zero-order valence-electron chi connectivity index (χ0n) is 13.7. The minimum Gasteiger partial charge on any atom is -0.350 e. The molecule has 0 aliphatic carbocycles. The number of halogens is 1. The second-order valence-corrected chi connectivity index (χ2v) is 6.57. The molecule has 0 amide bonds. The molecule has 0 radical (unpaired) electrons. The molecule has 1 aromatic heterocycles. The molecule has 24 heavy (non-hydrogen) atoms. The third-order valence-electron chi connectivity index (χ3n) is 3.61. The van der Waals surface area contributed by atoms with Gasteiger partial charge in [-0.25, -0.2) is 4.98 Å². The van der Waals surface area contributed by atoms with E-state index in [1.165, 1.54) is 16.7 Å². The molecule has 0 spiro atoms. The van der Waals surface area contributed by atoms with Gasteiger partial charge in [0, 0.05) is 17.2 Å². The maximum Gasteiger partial charge on any atom is 0.224 e. The summed E-state index contributed by atoms with van der Waals surface area (Å²) in [5.74, 6) is 1.35. The van der Waals surface area contributed by atoms with E-state index < -0.39 is 0 Å². The second kappa shape index (κ2) is 7.45. The van der Waals surface area contributed by atoms with E-state index in [1.54, 1.807) is 6.20 Å². The standard InChI is InChI=1S/C19H19BrN4/c1-13-3-6-15(7-4-13)12-22-19-21-10-9-18(24-19)23-17-8-5-14(2)11-16(17)20/h3-11H,12H2,1-2H3,(H2,21,22,23,24). The van der Waals surface area contributed by atoms with Gasteiger partial charge in [-0.2, -0.15) is 4.98 Å². The van der Waals surface area contributed by atoms with Gasteiger partial charge in [-0.15, -0.1) is 0 Å². The van der Waals surface area contributed by atoms with Gasteiger partial charge < -0.3 is 10.6 Å². The van der Waals surface area contributed by atoms with Crippen LogP contribution < -0.4 is 10.6 Å². The monoisotopic (exact) mass is 382 g/mol. The quantitative estimate of drug-likeness (QED) is 0.635. The van der Waals surface area contributed by atoms with Gasteiger partial charge >= 0.3 is 0 Å². The van der Waals surface area contributed by atoms with Crippen molar-refractivity contribution in [2.75, 3.05) is 10.6 Å². The molecule has 0 aliphatic rings. The van der Waals surface area contributed by atoms with Crippen molar-refractivity contribution in [3.8, 4) is 0 Å². The summed E-state index contributed by atoms with van der Waals surface area (Å²) in [6.45, 7) is 4.84. The molecule has 4 nitrogen and oxygen atoms in total. The lowest BCUT2D eigenvalue weighted by Crippen LogP contribution is -2.05. The van der Waals surface area contributed by atoms with E-state index in [0.717, 1.165) is 16.0 Å². The zero-order chi connectivity index (χ0) is 16.9. The lowest BCUT2D eigenvalue weighted by Gasteiger charge is -2.10. The predicted octanol–water partition coefficient (Wildman–Crippen LogP) is 5.21. The van der Waals surface area contributed by atoms with Crippen LogP contribution in [0.1, 0.15) is 16.7 Å². The number of benzene rings is 2. The number of aryl methyl sites for hydroxylation is 2. The molecule has 1 heterocycles. The number of anilines is 3. The van der Waals surface area contributed by atoms with E-state index in [9.17, 15) is 0 Å². The fraction of sp³-hybridized carbons (Fsp3) is 0.158. The first-order chi connectivity index (χ1) is 11.6. The van der Waals surface area contributed by atoms with Crippen LogP contribution >= 0.6 is 15.9 Å². The van der Waals surface area contributed by atoms with Crippen LogP contribution in [0.5, 0.6) is 0 Å². The molecule has 2 N–H and O–H groups in total. The number of nitrogens with one attached hydrogen (secondary N) is 2. The zero-order valence-corrected chi connectivity index (χ0v) is 15.3. The Kier molecular flexibility index (Phi) is 5.11. The summed E-state index contributed by atoms with van der Waals surface area (Å²) < 4.78 is 1.01. The van der Waals surface area contributed by atoms with Crippen LogP contribution in [0.2, 0.25) is 0 Å². The van der Waals surface area contributed by atoms with Crippen LogP contribution in [0.4, 0.5) is 17.5 Å². The first-order valence-corrected chi connectivity index (χ1v) is 8.55. The Bertz CT molecular complexity index is 831. The summed E-state index contributed by atoms with van der Waals surface area (Å²) in [6, 6.07) is 16.4. The third kappa shape index (κ3) is 4.32. The summed E-state index contributed by atoms with van der Waals surface area (Å²) in [5.41, 5.74) is 4.63. The smallest absolute Gasteiger partial charge is 0.224 e. The first-order valence-electron chi connectivity index (χ1n) is 7.76. The molecule has 0 saturated carbocycles. The number of hydrogen-bond acceptors (Lipinski definition) is 4.